The molecule has 3 N–H and O–H groups in total. The standard InChI is InChI=1S/C30H52O4/c1-25(2)20-10-15-28(6)21(27(20,5)13-11-22(25)32)17-19(31)24-18(9-14-29(24,28)7)30(8)16-12-23(34-30)26(3,4)33/h18-24,31-33H,9-17H2,1-8H3/t18?,19-,20?,21?,22-,23-,24+,27+,28-,29-,30+/m1/s1. The van der Waals surface area contributed by atoms with Gasteiger partial charge in [-0.15, -0.1) is 0 Å². The van der Waals surface area contributed by atoms with Crippen molar-refractivity contribution in [2.45, 2.75) is 143 Å². The molecule has 11 atom stereocenters. The zero-order valence-electron chi connectivity index (χ0n) is 23.2. The molecule has 4 nitrogen and oxygen atoms in total. The molecule has 1 saturated heterocycles. The average molecular weight is 477 g/mol. The summed E-state index contributed by atoms with van der Waals surface area (Å²) in [4.78, 5) is 0. The van der Waals surface area contributed by atoms with Gasteiger partial charge in [0, 0.05) is 0 Å². The van der Waals surface area contributed by atoms with E-state index in [-0.39, 0.29) is 51.5 Å². The zero-order valence-corrected chi connectivity index (χ0v) is 23.2. The number of fused-ring (bicyclic) bond motifs is 5. The lowest BCUT2D eigenvalue weighted by molar-refractivity contribution is -0.248. The molecular weight excluding hydrogens is 424 g/mol. The summed E-state index contributed by atoms with van der Waals surface area (Å²) in [6.45, 7) is 18.1. The number of rotatable bonds is 2. The number of hydrogen-bond acceptors (Lipinski definition) is 4. The predicted molar refractivity (Wildman–Crippen MR) is 135 cm³/mol. The van der Waals surface area contributed by atoms with Gasteiger partial charge in [-0.1, -0.05) is 34.6 Å². The number of ether oxygens (including phenoxy) is 1. The summed E-state index contributed by atoms with van der Waals surface area (Å²) in [6, 6.07) is 0. The van der Waals surface area contributed by atoms with Gasteiger partial charge >= 0.3 is 0 Å². The molecule has 5 fully saturated rings. The van der Waals surface area contributed by atoms with E-state index in [2.05, 4.69) is 41.5 Å². The second-order valence-electron chi connectivity index (χ2n) is 15.4. The Bertz CT molecular complexity index is 817. The Balaban J connectivity index is 1.48. The van der Waals surface area contributed by atoms with E-state index in [0.29, 0.717) is 17.8 Å². The van der Waals surface area contributed by atoms with E-state index in [0.717, 1.165) is 44.9 Å². The number of hydrogen-bond donors (Lipinski definition) is 3. The highest BCUT2D eigenvalue weighted by Gasteiger charge is 2.71. The molecule has 0 radical (unpaired) electrons. The minimum atomic E-state index is -0.826. The van der Waals surface area contributed by atoms with Crippen molar-refractivity contribution in [3.8, 4) is 0 Å². The van der Waals surface area contributed by atoms with Crippen LogP contribution < -0.4 is 0 Å². The first-order valence-electron chi connectivity index (χ1n) is 14.3. The van der Waals surface area contributed by atoms with Crippen LogP contribution in [0.3, 0.4) is 0 Å². The van der Waals surface area contributed by atoms with Crippen LogP contribution in [0.1, 0.15) is 113 Å². The number of aliphatic hydroxyl groups excluding tert-OH is 2. The molecular formula is C30H52O4. The van der Waals surface area contributed by atoms with Gasteiger partial charge in [-0.3, -0.25) is 0 Å². The van der Waals surface area contributed by atoms with Crippen molar-refractivity contribution in [1.82, 2.24) is 0 Å². The fourth-order valence-electron chi connectivity index (χ4n) is 11.1. The van der Waals surface area contributed by atoms with Crippen LogP contribution in [0.5, 0.6) is 0 Å². The fourth-order valence-corrected chi connectivity index (χ4v) is 11.1. The first kappa shape index (κ1) is 25.5. The van der Waals surface area contributed by atoms with Crippen molar-refractivity contribution in [2.75, 3.05) is 0 Å². The SMILES string of the molecule is CC(C)(O)[C@H]1CC[C@@](C)(C2CC[C@]3(C)[C@@H]2[C@H](O)CC2[C@@]4(C)CC[C@@H](O)C(C)(C)C4CC[C@]23C)O1. The second kappa shape index (κ2) is 7.45. The maximum Gasteiger partial charge on any atom is 0.0865 e. The molecule has 0 aromatic heterocycles. The van der Waals surface area contributed by atoms with Gasteiger partial charge in [0.2, 0.25) is 0 Å². The van der Waals surface area contributed by atoms with E-state index in [4.69, 9.17) is 4.74 Å². The quantitative estimate of drug-likeness (QED) is 0.477. The Morgan fingerprint density at radius 3 is 2.03 bits per heavy atom. The van der Waals surface area contributed by atoms with Crippen molar-refractivity contribution >= 4 is 0 Å². The van der Waals surface area contributed by atoms with Crippen LogP contribution in [-0.4, -0.2) is 44.8 Å². The van der Waals surface area contributed by atoms with Gasteiger partial charge in [0.05, 0.1) is 29.5 Å². The molecule has 34 heavy (non-hydrogen) atoms. The summed E-state index contributed by atoms with van der Waals surface area (Å²) in [7, 11) is 0. The van der Waals surface area contributed by atoms with Gasteiger partial charge < -0.3 is 20.1 Å². The fraction of sp³-hybridized carbons (Fsp3) is 1.00. The van der Waals surface area contributed by atoms with Gasteiger partial charge in [0.25, 0.3) is 0 Å². The van der Waals surface area contributed by atoms with E-state index in [1.807, 2.05) is 13.8 Å². The van der Waals surface area contributed by atoms with Crippen molar-refractivity contribution < 1.29 is 20.1 Å². The molecule has 0 bridgehead atoms. The van der Waals surface area contributed by atoms with Crippen LogP contribution in [0, 0.1) is 45.3 Å². The molecule has 3 unspecified atom stereocenters. The molecule has 4 aliphatic carbocycles. The van der Waals surface area contributed by atoms with Crippen LogP contribution in [0.15, 0.2) is 0 Å². The summed E-state index contributed by atoms with van der Waals surface area (Å²) in [5.41, 5.74) is -0.703. The van der Waals surface area contributed by atoms with Gasteiger partial charge in [-0.05, 0) is 124 Å². The normalized spacial score (nSPS) is 57.1. The predicted octanol–water partition coefficient (Wildman–Crippen LogP) is 5.71. The maximum atomic E-state index is 11.9. The molecule has 1 aliphatic heterocycles. The summed E-state index contributed by atoms with van der Waals surface area (Å²) >= 11 is 0. The lowest BCUT2D eigenvalue weighted by atomic mass is 9.35. The Kier molecular flexibility index (Phi) is 5.59. The van der Waals surface area contributed by atoms with Gasteiger partial charge in [-0.2, -0.15) is 0 Å². The summed E-state index contributed by atoms with van der Waals surface area (Å²) < 4.78 is 6.66. The van der Waals surface area contributed by atoms with Gasteiger partial charge in [0.1, 0.15) is 0 Å². The minimum Gasteiger partial charge on any atom is -0.393 e. The van der Waals surface area contributed by atoms with Crippen LogP contribution >= 0.6 is 0 Å². The van der Waals surface area contributed by atoms with E-state index in [1.54, 1.807) is 0 Å². The Morgan fingerprint density at radius 2 is 1.41 bits per heavy atom. The monoisotopic (exact) mass is 476 g/mol. The smallest absolute Gasteiger partial charge is 0.0865 e. The molecule has 1 heterocycles. The molecule has 196 valence electrons. The Labute approximate surface area is 208 Å². The summed E-state index contributed by atoms with van der Waals surface area (Å²) in [6.07, 6.45) is 8.72. The van der Waals surface area contributed by atoms with Crippen molar-refractivity contribution in [3.05, 3.63) is 0 Å². The highest BCUT2D eigenvalue weighted by Crippen LogP contribution is 2.76. The van der Waals surface area contributed by atoms with Crippen molar-refractivity contribution in [3.63, 3.8) is 0 Å². The molecule has 0 aromatic rings. The highest BCUT2D eigenvalue weighted by atomic mass is 16.5. The third-order valence-electron chi connectivity index (χ3n) is 13.3. The Hall–Kier alpha value is -0.160. The minimum absolute atomic E-state index is 0.0630. The molecule has 5 aliphatic rings. The second-order valence-corrected chi connectivity index (χ2v) is 15.4. The first-order chi connectivity index (χ1) is 15.5. The van der Waals surface area contributed by atoms with Crippen LogP contribution in [0.2, 0.25) is 0 Å². The molecule has 0 amide bonds. The molecule has 0 spiro atoms. The lowest BCUT2D eigenvalue weighted by Crippen LogP contribution is -2.66. The molecule has 4 heteroatoms. The van der Waals surface area contributed by atoms with E-state index in [1.165, 1.54) is 12.8 Å². The molecule has 0 aromatic carbocycles. The summed E-state index contributed by atoms with van der Waals surface area (Å²) in [5.74, 6) is 1.59. The van der Waals surface area contributed by atoms with Crippen LogP contribution in [-0.2, 0) is 4.74 Å². The van der Waals surface area contributed by atoms with Gasteiger partial charge in [-0.25, -0.2) is 0 Å². The third-order valence-corrected chi connectivity index (χ3v) is 13.3. The van der Waals surface area contributed by atoms with Gasteiger partial charge in [0.15, 0.2) is 0 Å². The first-order valence-corrected chi connectivity index (χ1v) is 14.3. The van der Waals surface area contributed by atoms with E-state index >= 15 is 0 Å². The lowest BCUT2D eigenvalue weighted by Gasteiger charge is -2.70. The average Bonchev–Trinajstić information content (AvgIpc) is 3.30. The largest absolute Gasteiger partial charge is 0.393 e. The maximum absolute atomic E-state index is 11.9. The topological polar surface area (TPSA) is 69.9 Å². The highest BCUT2D eigenvalue weighted by molar-refractivity contribution is 5.20. The summed E-state index contributed by atoms with van der Waals surface area (Å²) in [5, 5.41) is 33.4. The van der Waals surface area contributed by atoms with Crippen LogP contribution in [0.25, 0.3) is 0 Å². The van der Waals surface area contributed by atoms with Crippen molar-refractivity contribution in [2.24, 2.45) is 45.3 Å². The van der Waals surface area contributed by atoms with Crippen LogP contribution in [0.4, 0.5) is 0 Å². The van der Waals surface area contributed by atoms with E-state index < -0.39 is 5.60 Å². The number of aliphatic hydroxyl groups is 3. The Morgan fingerprint density at radius 1 is 0.765 bits per heavy atom. The molecule has 4 saturated carbocycles. The van der Waals surface area contributed by atoms with E-state index in [9.17, 15) is 15.3 Å². The molecule has 5 rings (SSSR count). The van der Waals surface area contributed by atoms with Crippen molar-refractivity contribution in [1.29, 1.82) is 0 Å². The zero-order chi connectivity index (χ0) is 25.1. The third kappa shape index (κ3) is 3.16.